The minimum absolute atomic E-state index is 0.00694. The number of carboxylic acids is 1. The number of hydrogen-bond donors (Lipinski definition) is 1. The van der Waals surface area contributed by atoms with Crippen LogP contribution in [-0.2, 0) is 21.0 Å². The number of rotatable bonds is 7. The van der Waals surface area contributed by atoms with Crippen LogP contribution < -0.4 is 4.74 Å². The van der Waals surface area contributed by atoms with Crippen molar-refractivity contribution in [3.05, 3.63) is 86.4 Å². The van der Waals surface area contributed by atoms with E-state index in [1.165, 1.54) is 6.07 Å². The maximum absolute atomic E-state index is 14.0. The molecule has 0 bridgehead atoms. The van der Waals surface area contributed by atoms with Crippen molar-refractivity contribution >= 4 is 33.5 Å². The summed E-state index contributed by atoms with van der Waals surface area (Å²) in [5.74, 6) is -1.20. The molecule has 0 amide bonds. The zero-order valence-corrected chi connectivity index (χ0v) is 21.9. The normalized spacial score (nSPS) is 18.2. The van der Waals surface area contributed by atoms with Gasteiger partial charge in [-0.3, -0.25) is 14.4 Å². The van der Waals surface area contributed by atoms with E-state index >= 15 is 0 Å². The minimum atomic E-state index is -0.911. The van der Waals surface area contributed by atoms with E-state index in [0.29, 0.717) is 65.5 Å². The molecule has 1 N–H and O–H groups in total. The van der Waals surface area contributed by atoms with Gasteiger partial charge in [-0.1, -0.05) is 24.3 Å². The lowest BCUT2D eigenvalue weighted by atomic mass is 9.71. The van der Waals surface area contributed by atoms with Gasteiger partial charge in [-0.25, -0.2) is 4.39 Å². The Kier molecular flexibility index (Phi) is 7.29. The van der Waals surface area contributed by atoms with Gasteiger partial charge in [-0.15, -0.1) is 0 Å². The van der Waals surface area contributed by atoms with E-state index in [-0.39, 0.29) is 37.0 Å². The van der Waals surface area contributed by atoms with Crippen LogP contribution in [0.2, 0.25) is 0 Å². The van der Waals surface area contributed by atoms with Crippen molar-refractivity contribution in [3.63, 3.8) is 0 Å². The van der Waals surface area contributed by atoms with Crippen molar-refractivity contribution in [2.75, 3.05) is 6.54 Å². The van der Waals surface area contributed by atoms with Crippen molar-refractivity contribution in [2.24, 2.45) is 0 Å². The molecule has 37 heavy (non-hydrogen) atoms. The van der Waals surface area contributed by atoms with Crippen LogP contribution in [0, 0.1) is 5.82 Å². The summed E-state index contributed by atoms with van der Waals surface area (Å²) in [5.41, 5.74) is 4.17. The SMILES string of the molecule is O=C(O)CCN1C2=C(C(=O)CCC2)C(c2ccc(OCc3ccccc3F)c(Br)c2)C2=C1CCCC2=O. The van der Waals surface area contributed by atoms with Crippen molar-refractivity contribution < 1.29 is 28.6 Å². The number of carbonyl (C=O) groups is 3. The van der Waals surface area contributed by atoms with E-state index < -0.39 is 11.9 Å². The number of nitrogens with zero attached hydrogens (tertiary/aromatic N) is 1. The first-order valence-corrected chi connectivity index (χ1v) is 13.3. The number of halogens is 2. The highest BCUT2D eigenvalue weighted by atomic mass is 79.9. The highest BCUT2D eigenvalue weighted by molar-refractivity contribution is 9.10. The summed E-state index contributed by atoms with van der Waals surface area (Å²) >= 11 is 3.57. The number of allylic oxidation sites excluding steroid dienone is 4. The molecule has 0 saturated heterocycles. The minimum Gasteiger partial charge on any atom is -0.488 e. The van der Waals surface area contributed by atoms with Crippen molar-refractivity contribution in [3.8, 4) is 5.75 Å². The molecule has 0 atom stereocenters. The molecule has 0 unspecified atom stereocenters. The van der Waals surface area contributed by atoms with Gasteiger partial charge in [0.2, 0.25) is 0 Å². The van der Waals surface area contributed by atoms with E-state index in [1.807, 2.05) is 17.0 Å². The standard InChI is InChI=1S/C29H27BrFNO5/c30-19-15-17(11-12-25(19)37-16-18-5-1-2-6-20(18)31)27-28-21(7-3-9-23(28)33)32(14-13-26(35)36)22-8-4-10-24(34)29(22)27/h1-2,5-6,11-12,15,27H,3-4,7-10,13-14,16H2,(H,35,36). The zero-order valence-electron chi connectivity index (χ0n) is 20.3. The van der Waals surface area contributed by atoms with Gasteiger partial charge in [-0.2, -0.15) is 0 Å². The summed E-state index contributed by atoms with van der Waals surface area (Å²) in [5, 5.41) is 9.33. The molecule has 6 nitrogen and oxygen atoms in total. The lowest BCUT2D eigenvalue weighted by Crippen LogP contribution is -2.39. The quantitative estimate of drug-likeness (QED) is 0.438. The van der Waals surface area contributed by atoms with Gasteiger partial charge in [0.05, 0.1) is 10.9 Å². The maximum Gasteiger partial charge on any atom is 0.305 e. The number of Topliss-reactive ketones (excluding diaryl/α,β-unsaturated/α-hetero) is 2. The van der Waals surface area contributed by atoms with Crippen LogP contribution in [0.3, 0.4) is 0 Å². The number of ether oxygens (including phenoxy) is 1. The van der Waals surface area contributed by atoms with Gasteiger partial charge >= 0.3 is 5.97 Å². The van der Waals surface area contributed by atoms with Crippen molar-refractivity contribution in [1.29, 1.82) is 0 Å². The number of benzene rings is 2. The summed E-state index contributed by atoms with van der Waals surface area (Å²) in [6, 6.07) is 11.9. The molecular weight excluding hydrogens is 541 g/mol. The van der Waals surface area contributed by atoms with Gasteiger partial charge in [0.15, 0.2) is 11.6 Å². The Bertz CT molecular complexity index is 1300. The molecule has 0 saturated carbocycles. The van der Waals surface area contributed by atoms with Crippen LogP contribution in [0.1, 0.15) is 62.0 Å². The number of carboxylic acid groups (broad SMARTS) is 1. The Morgan fingerprint density at radius 1 is 1.00 bits per heavy atom. The number of hydrogen-bond acceptors (Lipinski definition) is 5. The first kappa shape index (κ1) is 25.4. The van der Waals surface area contributed by atoms with E-state index in [9.17, 15) is 23.9 Å². The average molecular weight is 568 g/mol. The van der Waals surface area contributed by atoms with Crippen LogP contribution in [0.4, 0.5) is 4.39 Å². The lowest BCUT2D eigenvalue weighted by molar-refractivity contribution is -0.137. The monoisotopic (exact) mass is 567 g/mol. The molecule has 1 aliphatic heterocycles. The third-order valence-corrected chi connectivity index (χ3v) is 7.89. The number of carbonyl (C=O) groups excluding carboxylic acids is 2. The summed E-state index contributed by atoms with van der Waals surface area (Å²) in [4.78, 5) is 40.0. The molecule has 2 aromatic carbocycles. The first-order chi connectivity index (χ1) is 17.8. The molecule has 0 radical (unpaired) electrons. The highest BCUT2D eigenvalue weighted by Crippen LogP contribution is 2.49. The predicted octanol–water partition coefficient (Wildman–Crippen LogP) is 6.06. The average Bonchev–Trinajstić information content (AvgIpc) is 2.87. The third kappa shape index (κ3) is 4.99. The molecule has 2 aliphatic carbocycles. The maximum atomic E-state index is 14.0. The van der Waals surface area contributed by atoms with Crippen LogP contribution in [0.5, 0.6) is 5.75 Å². The van der Waals surface area contributed by atoms with E-state index in [0.717, 1.165) is 17.0 Å². The largest absolute Gasteiger partial charge is 0.488 e. The molecule has 0 fully saturated rings. The first-order valence-electron chi connectivity index (χ1n) is 12.5. The van der Waals surface area contributed by atoms with E-state index in [4.69, 9.17) is 4.74 Å². The van der Waals surface area contributed by atoms with Crippen LogP contribution >= 0.6 is 15.9 Å². The fourth-order valence-electron chi connectivity index (χ4n) is 5.61. The molecule has 0 aromatic heterocycles. The summed E-state index contributed by atoms with van der Waals surface area (Å²) < 4.78 is 20.5. The molecule has 0 spiro atoms. The zero-order chi connectivity index (χ0) is 26.1. The Labute approximate surface area is 222 Å². The van der Waals surface area contributed by atoms with Gasteiger partial charge in [-0.05, 0) is 65.4 Å². The Balaban J connectivity index is 1.53. The smallest absolute Gasteiger partial charge is 0.305 e. The van der Waals surface area contributed by atoms with Crippen LogP contribution in [0.15, 0.2) is 69.5 Å². The van der Waals surface area contributed by atoms with Gasteiger partial charge in [0.1, 0.15) is 18.2 Å². The second-order valence-corrected chi connectivity index (χ2v) is 10.4. The molecule has 5 rings (SSSR count). The molecule has 3 aliphatic rings. The highest BCUT2D eigenvalue weighted by Gasteiger charge is 2.43. The fraction of sp³-hybridized carbons (Fsp3) is 0.345. The third-order valence-electron chi connectivity index (χ3n) is 7.27. The molecule has 1 heterocycles. The van der Waals surface area contributed by atoms with E-state index in [2.05, 4.69) is 15.9 Å². The summed E-state index contributed by atoms with van der Waals surface area (Å²) in [6.07, 6.45) is 3.50. The molecular formula is C29H27BrFNO5. The van der Waals surface area contributed by atoms with Gasteiger partial charge in [0, 0.05) is 53.4 Å². The fourth-order valence-corrected chi connectivity index (χ4v) is 6.12. The number of ketones is 2. The molecule has 192 valence electrons. The summed E-state index contributed by atoms with van der Waals surface area (Å²) in [7, 11) is 0. The Morgan fingerprint density at radius 2 is 1.65 bits per heavy atom. The second kappa shape index (κ2) is 10.6. The van der Waals surface area contributed by atoms with Gasteiger partial charge in [0.25, 0.3) is 0 Å². The number of aliphatic carboxylic acids is 1. The summed E-state index contributed by atoms with van der Waals surface area (Å²) in [6.45, 7) is 0.307. The van der Waals surface area contributed by atoms with Crippen molar-refractivity contribution in [1.82, 2.24) is 4.90 Å². The van der Waals surface area contributed by atoms with Crippen LogP contribution in [-0.4, -0.2) is 34.1 Å². The van der Waals surface area contributed by atoms with Crippen molar-refractivity contribution in [2.45, 2.75) is 57.5 Å². The molecule has 2 aromatic rings. The van der Waals surface area contributed by atoms with E-state index in [1.54, 1.807) is 24.3 Å². The topological polar surface area (TPSA) is 83.9 Å². The van der Waals surface area contributed by atoms with Gasteiger partial charge < -0.3 is 14.7 Å². The Hall–Kier alpha value is -3.26. The molecule has 8 heteroatoms. The van der Waals surface area contributed by atoms with Crippen LogP contribution in [0.25, 0.3) is 0 Å². The Morgan fingerprint density at radius 3 is 2.24 bits per heavy atom. The lowest BCUT2D eigenvalue weighted by Gasteiger charge is -2.44. The second-order valence-electron chi connectivity index (χ2n) is 9.57. The predicted molar refractivity (Wildman–Crippen MR) is 138 cm³/mol.